The standard InChI is InChI=1S/C9H11NO4/c1-2-3-5-8(9(12)13)10-6(11)4-7(10)14-5/h3,7-8H,2,4H2,1H3,(H,12,13)/b5-3-/t7-,8-/m1/s1. The van der Waals surface area contributed by atoms with E-state index in [1.807, 2.05) is 6.92 Å². The normalized spacial score (nSPS) is 32.5. The molecule has 2 saturated heterocycles. The Bertz CT molecular complexity index is 323. The number of hydrogen-bond acceptors (Lipinski definition) is 3. The van der Waals surface area contributed by atoms with Gasteiger partial charge in [-0.25, -0.2) is 4.79 Å². The number of carboxylic acids is 1. The first-order valence-corrected chi connectivity index (χ1v) is 4.55. The molecule has 5 nitrogen and oxygen atoms in total. The molecule has 76 valence electrons. The fraction of sp³-hybridized carbons (Fsp3) is 0.556. The molecule has 0 aromatic rings. The van der Waals surface area contributed by atoms with Crippen LogP contribution in [0.3, 0.4) is 0 Å². The van der Waals surface area contributed by atoms with E-state index in [1.165, 1.54) is 4.90 Å². The number of carboxylic acid groups (broad SMARTS) is 1. The van der Waals surface area contributed by atoms with Crippen molar-refractivity contribution in [1.82, 2.24) is 4.90 Å². The van der Waals surface area contributed by atoms with E-state index in [2.05, 4.69) is 0 Å². The predicted octanol–water partition coefficient (Wildman–Crippen LogP) is 0.322. The van der Waals surface area contributed by atoms with Gasteiger partial charge in [-0.05, 0) is 12.5 Å². The van der Waals surface area contributed by atoms with Crippen molar-refractivity contribution in [1.29, 1.82) is 0 Å². The van der Waals surface area contributed by atoms with Crippen LogP contribution < -0.4 is 0 Å². The van der Waals surface area contributed by atoms with Gasteiger partial charge in [0.2, 0.25) is 5.91 Å². The van der Waals surface area contributed by atoms with Crippen LogP contribution in [-0.2, 0) is 14.3 Å². The molecule has 0 aromatic carbocycles. The molecule has 0 aromatic heterocycles. The smallest absolute Gasteiger partial charge is 0.334 e. The summed E-state index contributed by atoms with van der Waals surface area (Å²) in [6.45, 7) is 1.90. The lowest BCUT2D eigenvalue weighted by molar-refractivity contribution is -0.163. The molecule has 2 atom stereocenters. The summed E-state index contributed by atoms with van der Waals surface area (Å²) in [6, 6.07) is -0.902. The maximum atomic E-state index is 11.1. The molecule has 2 aliphatic heterocycles. The Kier molecular flexibility index (Phi) is 1.94. The number of β-lactam (4-membered cyclic amide) rings is 1. The second-order valence-corrected chi connectivity index (χ2v) is 3.33. The molecular weight excluding hydrogens is 186 g/mol. The number of carbonyl (C=O) groups is 2. The molecule has 2 fully saturated rings. The van der Waals surface area contributed by atoms with E-state index in [-0.39, 0.29) is 12.1 Å². The number of rotatable bonds is 2. The summed E-state index contributed by atoms with van der Waals surface area (Å²) < 4.78 is 5.33. The van der Waals surface area contributed by atoms with Gasteiger partial charge in [0.25, 0.3) is 0 Å². The van der Waals surface area contributed by atoms with Gasteiger partial charge in [0, 0.05) is 0 Å². The number of allylic oxidation sites excluding steroid dienone is 1. The number of aliphatic carboxylic acids is 1. The molecule has 2 rings (SSSR count). The number of amides is 1. The predicted molar refractivity (Wildman–Crippen MR) is 46.1 cm³/mol. The maximum absolute atomic E-state index is 11.1. The lowest BCUT2D eigenvalue weighted by Crippen LogP contribution is -2.54. The highest BCUT2D eigenvalue weighted by atomic mass is 16.5. The molecule has 1 N–H and O–H groups in total. The molecule has 2 heterocycles. The fourth-order valence-corrected chi connectivity index (χ4v) is 1.77. The third-order valence-electron chi connectivity index (χ3n) is 2.41. The largest absolute Gasteiger partial charge is 0.479 e. The Morgan fingerprint density at radius 3 is 3.00 bits per heavy atom. The number of ether oxygens (including phenoxy) is 1. The molecule has 0 radical (unpaired) electrons. The van der Waals surface area contributed by atoms with Gasteiger partial charge in [0.05, 0.1) is 6.42 Å². The molecule has 0 unspecified atom stereocenters. The van der Waals surface area contributed by atoms with Crippen molar-refractivity contribution >= 4 is 11.9 Å². The van der Waals surface area contributed by atoms with Crippen LogP contribution in [0.4, 0.5) is 0 Å². The van der Waals surface area contributed by atoms with Gasteiger partial charge in [0.15, 0.2) is 12.3 Å². The van der Waals surface area contributed by atoms with Crippen LogP contribution in [0.5, 0.6) is 0 Å². The summed E-state index contributed by atoms with van der Waals surface area (Å²) in [4.78, 5) is 23.3. The molecule has 0 spiro atoms. The van der Waals surface area contributed by atoms with Crippen molar-refractivity contribution < 1.29 is 19.4 Å². The molecular formula is C9H11NO4. The van der Waals surface area contributed by atoms with Crippen LogP contribution in [0.25, 0.3) is 0 Å². The zero-order valence-electron chi connectivity index (χ0n) is 7.77. The number of fused-ring (bicyclic) bond motifs is 1. The molecule has 1 amide bonds. The molecule has 0 bridgehead atoms. The second kappa shape index (κ2) is 3.01. The highest BCUT2D eigenvalue weighted by molar-refractivity contribution is 5.91. The van der Waals surface area contributed by atoms with E-state index in [4.69, 9.17) is 9.84 Å². The minimum Gasteiger partial charge on any atom is -0.479 e. The highest BCUT2D eigenvalue weighted by Gasteiger charge is 2.53. The summed E-state index contributed by atoms with van der Waals surface area (Å²) >= 11 is 0. The van der Waals surface area contributed by atoms with E-state index in [9.17, 15) is 9.59 Å². The Morgan fingerprint density at radius 1 is 1.79 bits per heavy atom. The van der Waals surface area contributed by atoms with Gasteiger partial charge in [0.1, 0.15) is 5.76 Å². The van der Waals surface area contributed by atoms with Crippen molar-refractivity contribution in [3.05, 3.63) is 11.8 Å². The van der Waals surface area contributed by atoms with Crippen molar-refractivity contribution in [2.24, 2.45) is 0 Å². The minimum atomic E-state index is -1.03. The van der Waals surface area contributed by atoms with E-state index in [0.717, 1.165) is 0 Å². The van der Waals surface area contributed by atoms with E-state index < -0.39 is 12.0 Å². The summed E-state index contributed by atoms with van der Waals surface area (Å²) in [5.74, 6) is -0.780. The molecule has 0 aliphatic carbocycles. The van der Waals surface area contributed by atoms with Gasteiger partial charge >= 0.3 is 5.97 Å². The summed E-state index contributed by atoms with van der Waals surface area (Å²) in [7, 11) is 0. The highest BCUT2D eigenvalue weighted by Crippen LogP contribution is 2.36. The van der Waals surface area contributed by atoms with Crippen LogP contribution in [0.2, 0.25) is 0 Å². The Labute approximate surface area is 80.9 Å². The molecule has 14 heavy (non-hydrogen) atoms. The van der Waals surface area contributed by atoms with Crippen molar-refractivity contribution in [3.8, 4) is 0 Å². The zero-order valence-corrected chi connectivity index (χ0v) is 7.77. The first kappa shape index (κ1) is 9.05. The topological polar surface area (TPSA) is 66.8 Å². The maximum Gasteiger partial charge on any atom is 0.334 e. The lowest BCUT2D eigenvalue weighted by atomic mass is 10.1. The first-order valence-electron chi connectivity index (χ1n) is 4.55. The average Bonchev–Trinajstić information content (AvgIpc) is 2.39. The third-order valence-corrected chi connectivity index (χ3v) is 2.41. The van der Waals surface area contributed by atoms with Crippen LogP contribution >= 0.6 is 0 Å². The van der Waals surface area contributed by atoms with Gasteiger partial charge in [-0.2, -0.15) is 0 Å². The van der Waals surface area contributed by atoms with Crippen LogP contribution in [0, 0.1) is 0 Å². The Balaban J connectivity index is 2.26. The van der Waals surface area contributed by atoms with Crippen molar-refractivity contribution in [2.75, 3.05) is 0 Å². The lowest BCUT2D eigenvalue weighted by Gasteiger charge is -2.33. The zero-order chi connectivity index (χ0) is 10.3. The van der Waals surface area contributed by atoms with Crippen molar-refractivity contribution in [2.45, 2.75) is 32.0 Å². The Morgan fingerprint density at radius 2 is 2.50 bits per heavy atom. The quantitative estimate of drug-likeness (QED) is 0.647. The van der Waals surface area contributed by atoms with E-state index >= 15 is 0 Å². The number of hydrogen-bond donors (Lipinski definition) is 1. The van der Waals surface area contributed by atoms with Gasteiger partial charge in [-0.1, -0.05) is 6.92 Å². The summed E-state index contributed by atoms with van der Waals surface area (Å²) in [6.07, 6.45) is 2.37. The number of carbonyl (C=O) groups excluding carboxylic acids is 1. The van der Waals surface area contributed by atoms with Crippen LogP contribution in [0.1, 0.15) is 19.8 Å². The fourth-order valence-electron chi connectivity index (χ4n) is 1.77. The third kappa shape index (κ3) is 1.08. The molecule has 2 aliphatic rings. The monoisotopic (exact) mass is 197 g/mol. The summed E-state index contributed by atoms with van der Waals surface area (Å²) in [5.41, 5.74) is 0. The van der Waals surface area contributed by atoms with Crippen LogP contribution in [0.15, 0.2) is 11.8 Å². The Hall–Kier alpha value is -1.52. The van der Waals surface area contributed by atoms with Crippen molar-refractivity contribution in [3.63, 3.8) is 0 Å². The van der Waals surface area contributed by atoms with E-state index in [0.29, 0.717) is 18.6 Å². The van der Waals surface area contributed by atoms with Gasteiger partial charge in [-0.15, -0.1) is 0 Å². The number of nitrogens with zero attached hydrogens (tertiary/aromatic N) is 1. The molecule has 5 heteroatoms. The van der Waals surface area contributed by atoms with E-state index in [1.54, 1.807) is 6.08 Å². The first-order chi connectivity index (χ1) is 6.65. The summed E-state index contributed by atoms with van der Waals surface area (Å²) in [5, 5.41) is 8.94. The van der Waals surface area contributed by atoms with Gasteiger partial charge < -0.3 is 9.84 Å². The second-order valence-electron chi connectivity index (χ2n) is 3.33. The average molecular weight is 197 g/mol. The van der Waals surface area contributed by atoms with Gasteiger partial charge in [-0.3, -0.25) is 9.69 Å². The van der Waals surface area contributed by atoms with Crippen LogP contribution in [-0.4, -0.2) is 34.2 Å². The molecule has 0 saturated carbocycles. The SMILES string of the molecule is CC/C=C1\O[C@@H]2CC(=O)N2[C@H]1C(=O)O. The minimum absolute atomic E-state index is 0.151.